The van der Waals surface area contributed by atoms with Crippen molar-refractivity contribution in [2.75, 3.05) is 6.54 Å². The summed E-state index contributed by atoms with van der Waals surface area (Å²) in [7, 11) is 0. The van der Waals surface area contributed by atoms with E-state index in [9.17, 15) is 0 Å². The fourth-order valence-electron chi connectivity index (χ4n) is 1.62. The molecule has 1 aliphatic rings. The number of nitrogens with zero attached hydrogens (tertiary/aromatic N) is 1. The number of hydrogen-bond donors (Lipinski definition) is 3. The van der Waals surface area contributed by atoms with Crippen LogP contribution in [0.4, 0.5) is 0 Å². The summed E-state index contributed by atoms with van der Waals surface area (Å²) in [5.41, 5.74) is 15.5. The summed E-state index contributed by atoms with van der Waals surface area (Å²) in [6.07, 6.45) is 7.37. The van der Waals surface area contributed by atoms with Crippen LogP contribution in [0.1, 0.15) is 40.0 Å². The maximum absolute atomic E-state index is 6.00. The largest absolute Gasteiger partial charge is 0.394 e. The van der Waals surface area contributed by atoms with E-state index >= 15 is 0 Å². The second-order valence-electron chi connectivity index (χ2n) is 4.57. The number of nitrogens with one attached hydrogen (secondary N) is 1. The molecule has 0 fully saturated rings. The fourth-order valence-corrected chi connectivity index (χ4v) is 1.62. The molecule has 0 atom stereocenters. The van der Waals surface area contributed by atoms with Crippen LogP contribution in [0.15, 0.2) is 39.8 Å². The lowest BCUT2D eigenvalue weighted by Gasteiger charge is -2.17. The van der Waals surface area contributed by atoms with Gasteiger partial charge in [-0.15, -0.1) is 0 Å². The standard InChI is InChI=1S/C14H24N4/c1-4-5-6-9-17-14(16)13(15)12-8-7-10(2)11(3)18-12/h7-8,18H,4-6,9,15H2,1-3H3,(H2,16,17)/b13-12+. The quantitative estimate of drug-likeness (QED) is 0.396. The molecule has 0 saturated heterocycles. The average Bonchev–Trinajstić information content (AvgIpc) is 2.37. The highest BCUT2D eigenvalue weighted by Crippen LogP contribution is 2.13. The van der Waals surface area contributed by atoms with E-state index in [0.29, 0.717) is 11.5 Å². The number of hydrogen-bond acceptors (Lipinski definition) is 3. The minimum Gasteiger partial charge on any atom is -0.394 e. The van der Waals surface area contributed by atoms with E-state index in [2.05, 4.69) is 17.2 Å². The Hall–Kier alpha value is -1.71. The van der Waals surface area contributed by atoms with Crippen LogP contribution in [-0.2, 0) is 0 Å². The molecule has 0 amide bonds. The van der Waals surface area contributed by atoms with Gasteiger partial charge in [0.15, 0.2) is 0 Å². The molecule has 0 radical (unpaired) electrons. The molecule has 5 N–H and O–H groups in total. The third-order valence-corrected chi connectivity index (χ3v) is 3.02. The van der Waals surface area contributed by atoms with Crippen LogP contribution in [0.25, 0.3) is 0 Å². The zero-order valence-electron chi connectivity index (χ0n) is 11.6. The van der Waals surface area contributed by atoms with Gasteiger partial charge in [0.2, 0.25) is 0 Å². The zero-order valence-corrected chi connectivity index (χ0v) is 11.6. The summed E-state index contributed by atoms with van der Waals surface area (Å²) in [5.74, 6) is 0.422. The Morgan fingerprint density at radius 1 is 1.22 bits per heavy atom. The van der Waals surface area contributed by atoms with E-state index in [0.717, 1.165) is 24.4 Å². The minimum atomic E-state index is 0.422. The molecule has 100 valence electrons. The van der Waals surface area contributed by atoms with Crippen LogP contribution in [0.2, 0.25) is 0 Å². The molecular weight excluding hydrogens is 224 g/mol. The van der Waals surface area contributed by atoms with Crippen molar-refractivity contribution in [3.8, 4) is 0 Å². The van der Waals surface area contributed by atoms with Crippen molar-refractivity contribution >= 4 is 5.84 Å². The number of rotatable bonds is 5. The predicted octanol–water partition coefficient (Wildman–Crippen LogP) is 2.16. The molecular formula is C14H24N4. The van der Waals surface area contributed by atoms with Gasteiger partial charge in [0.25, 0.3) is 0 Å². The first-order chi connectivity index (χ1) is 8.56. The molecule has 1 aliphatic heterocycles. The molecule has 0 aliphatic carbocycles. The maximum atomic E-state index is 6.00. The Bertz CT molecular complexity index is 414. The van der Waals surface area contributed by atoms with Crippen molar-refractivity contribution in [1.29, 1.82) is 0 Å². The summed E-state index contributed by atoms with van der Waals surface area (Å²) >= 11 is 0. The molecule has 1 rings (SSSR count). The Balaban J connectivity index is 2.69. The van der Waals surface area contributed by atoms with Gasteiger partial charge in [-0.2, -0.15) is 0 Å². The van der Waals surface area contributed by atoms with E-state index in [1.165, 1.54) is 18.4 Å². The van der Waals surface area contributed by atoms with Crippen LogP contribution >= 0.6 is 0 Å². The second-order valence-corrected chi connectivity index (χ2v) is 4.57. The maximum Gasteiger partial charge on any atom is 0.144 e. The summed E-state index contributed by atoms with van der Waals surface area (Å²) in [5, 5.41) is 3.23. The van der Waals surface area contributed by atoms with Crippen LogP contribution < -0.4 is 16.8 Å². The number of amidine groups is 1. The predicted molar refractivity (Wildman–Crippen MR) is 77.9 cm³/mol. The average molecular weight is 248 g/mol. The van der Waals surface area contributed by atoms with Crippen molar-refractivity contribution in [2.45, 2.75) is 40.0 Å². The minimum absolute atomic E-state index is 0.422. The molecule has 1 heterocycles. The lowest BCUT2D eigenvalue weighted by Crippen LogP contribution is -2.28. The Morgan fingerprint density at radius 3 is 2.56 bits per heavy atom. The smallest absolute Gasteiger partial charge is 0.144 e. The van der Waals surface area contributed by atoms with Crippen molar-refractivity contribution < 1.29 is 0 Å². The van der Waals surface area contributed by atoms with E-state index in [-0.39, 0.29) is 0 Å². The topological polar surface area (TPSA) is 76.4 Å². The first-order valence-electron chi connectivity index (χ1n) is 6.48. The summed E-state index contributed by atoms with van der Waals surface area (Å²) in [6.45, 7) is 6.97. The SMILES string of the molecule is CCCCCN=C(N)/C(N)=C1/C=CC(C)=C(C)N1. The molecule has 0 bridgehead atoms. The molecule has 0 unspecified atom stereocenters. The number of allylic oxidation sites excluding steroid dienone is 4. The van der Waals surface area contributed by atoms with Crippen LogP contribution in [-0.4, -0.2) is 12.4 Å². The Morgan fingerprint density at radius 2 is 1.94 bits per heavy atom. The number of unbranched alkanes of at least 4 members (excludes halogenated alkanes) is 2. The van der Waals surface area contributed by atoms with Gasteiger partial charge < -0.3 is 16.8 Å². The second kappa shape index (κ2) is 6.89. The van der Waals surface area contributed by atoms with Gasteiger partial charge in [-0.3, -0.25) is 4.99 Å². The van der Waals surface area contributed by atoms with E-state index in [1.807, 2.05) is 26.0 Å². The summed E-state index contributed by atoms with van der Waals surface area (Å²) in [4.78, 5) is 4.30. The van der Waals surface area contributed by atoms with Crippen LogP contribution in [0.3, 0.4) is 0 Å². The molecule has 18 heavy (non-hydrogen) atoms. The molecule has 0 aromatic rings. The van der Waals surface area contributed by atoms with E-state index in [1.54, 1.807) is 0 Å². The third kappa shape index (κ3) is 3.95. The molecule has 4 nitrogen and oxygen atoms in total. The molecule has 0 aromatic carbocycles. The first kappa shape index (κ1) is 14.4. The van der Waals surface area contributed by atoms with Gasteiger partial charge >= 0.3 is 0 Å². The number of dihydropyridines is 1. The van der Waals surface area contributed by atoms with Gasteiger partial charge in [0.05, 0.1) is 11.4 Å². The fraction of sp³-hybridized carbons (Fsp3) is 0.500. The van der Waals surface area contributed by atoms with Gasteiger partial charge in [-0.05, 0) is 31.9 Å². The number of aliphatic imine (C=N–C) groups is 1. The third-order valence-electron chi connectivity index (χ3n) is 3.02. The summed E-state index contributed by atoms with van der Waals surface area (Å²) in [6, 6.07) is 0. The van der Waals surface area contributed by atoms with Crippen molar-refractivity contribution in [3.05, 3.63) is 34.8 Å². The molecule has 0 aromatic heterocycles. The zero-order chi connectivity index (χ0) is 13.5. The lowest BCUT2D eigenvalue weighted by atomic mass is 10.1. The number of nitrogens with two attached hydrogens (primary N) is 2. The van der Waals surface area contributed by atoms with Crippen LogP contribution in [0.5, 0.6) is 0 Å². The van der Waals surface area contributed by atoms with Gasteiger partial charge in [-0.1, -0.05) is 25.8 Å². The molecule has 0 spiro atoms. The van der Waals surface area contributed by atoms with Crippen molar-refractivity contribution in [2.24, 2.45) is 16.5 Å². The summed E-state index contributed by atoms with van der Waals surface area (Å²) < 4.78 is 0. The highest BCUT2D eigenvalue weighted by atomic mass is 15.0. The van der Waals surface area contributed by atoms with E-state index in [4.69, 9.17) is 11.5 Å². The molecule has 0 saturated carbocycles. The monoisotopic (exact) mass is 248 g/mol. The van der Waals surface area contributed by atoms with Crippen molar-refractivity contribution in [3.63, 3.8) is 0 Å². The normalized spacial score (nSPS) is 18.9. The highest BCUT2D eigenvalue weighted by Gasteiger charge is 2.09. The Labute approximate surface area is 110 Å². The van der Waals surface area contributed by atoms with Gasteiger partial charge in [-0.25, -0.2) is 0 Å². The van der Waals surface area contributed by atoms with Crippen LogP contribution in [0, 0.1) is 0 Å². The Kier molecular flexibility index (Phi) is 5.49. The lowest BCUT2D eigenvalue weighted by molar-refractivity contribution is 0.727. The molecule has 4 heteroatoms. The van der Waals surface area contributed by atoms with Crippen molar-refractivity contribution in [1.82, 2.24) is 5.32 Å². The highest BCUT2D eigenvalue weighted by molar-refractivity contribution is 5.97. The van der Waals surface area contributed by atoms with Gasteiger partial charge in [0.1, 0.15) is 5.84 Å². The van der Waals surface area contributed by atoms with E-state index < -0.39 is 0 Å². The van der Waals surface area contributed by atoms with Gasteiger partial charge in [0, 0.05) is 12.2 Å². The first-order valence-corrected chi connectivity index (χ1v) is 6.48.